The smallest absolute Gasteiger partial charge is 0.164 e. The van der Waals surface area contributed by atoms with Gasteiger partial charge in [-0.1, -0.05) is 127 Å². The third-order valence-corrected chi connectivity index (χ3v) is 10.5. The third-order valence-electron chi connectivity index (χ3n) is 9.35. The lowest BCUT2D eigenvalue weighted by atomic mass is 9.97. The molecule has 5 heteroatoms. The van der Waals surface area contributed by atoms with Gasteiger partial charge in [0.2, 0.25) is 0 Å². The minimum Gasteiger partial charge on any atom is -0.456 e. The van der Waals surface area contributed by atoms with E-state index >= 15 is 0 Å². The molecule has 0 bridgehead atoms. The summed E-state index contributed by atoms with van der Waals surface area (Å²) in [6.07, 6.45) is 0. The summed E-state index contributed by atoms with van der Waals surface area (Å²) in [6.45, 7) is 0. The number of furan rings is 1. The van der Waals surface area contributed by atoms with E-state index in [0.717, 1.165) is 55.3 Å². The molecule has 0 aliphatic rings. The van der Waals surface area contributed by atoms with Gasteiger partial charge in [-0.15, -0.1) is 11.3 Å². The van der Waals surface area contributed by atoms with E-state index < -0.39 is 0 Å². The molecule has 4 nitrogen and oxygen atoms in total. The van der Waals surface area contributed by atoms with Crippen LogP contribution in [-0.4, -0.2) is 15.0 Å². The summed E-state index contributed by atoms with van der Waals surface area (Å²) in [5, 5.41) is 4.54. The molecule has 0 N–H and O–H groups in total. The number of para-hydroxylation sites is 1. The summed E-state index contributed by atoms with van der Waals surface area (Å²) in [6, 6.07) is 56.8. The number of hydrogen-bond donors (Lipinski definition) is 0. The predicted octanol–water partition coefficient (Wildman–Crippen LogP) is 12.5. The molecule has 0 fully saturated rings. The zero-order valence-electron chi connectivity index (χ0n) is 26.7. The number of aromatic nitrogens is 3. The van der Waals surface area contributed by atoms with Gasteiger partial charge in [-0.2, -0.15) is 0 Å². The van der Waals surface area contributed by atoms with E-state index in [1.165, 1.54) is 25.7 Å². The molecule has 0 atom stereocenters. The summed E-state index contributed by atoms with van der Waals surface area (Å²) in [5.74, 6) is 1.84. The number of hydrogen-bond acceptors (Lipinski definition) is 5. The molecule has 0 saturated heterocycles. The van der Waals surface area contributed by atoms with E-state index in [1.807, 2.05) is 65.9 Å². The highest BCUT2D eigenvalue weighted by Gasteiger charge is 2.20. The average Bonchev–Trinajstić information content (AvgIpc) is 3.76. The first-order chi connectivity index (χ1) is 24.7. The van der Waals surface area contributed by atoms with E-state index in [-0.39, 0.29) is 0 Å². The predicted molar refractivity (Wildman–Crippen MR) is 207 cm³/mol. The zero-order valence-corrected chi connectivity index (χ0v) is 27.6. The Labute approximate surface area is 292 Å². The second-order valence-electron chi connectivity index (χ2n) is 12.4. The SMILES string of the molecule is c1ccc(-c2ccc(-c3nc(-c4ccccc4)nc(-c4cc(-c5ccc6sc7ccccc7c6c5)cc5oc6ccccc6c45)n3)cc2)cc1. The maximum atomic E-state index is 6.54. The molecule has 3 aromatic heterocycles. The summed E-state index contributed by atoms with van der Waals surface area (Å²) < 4.78 is 9.09. The van der Waals surface area contributed by atoms with Gasteiger partial charge >= 0.3 is 0 Å². The maximum absolute atomic E-state index is 6.54. The first-order valence-corrected chi connectivity index (χ1v) is 17.4. The first kappa shape index (κ1) is 28.6. The lowest BCUT2D eigenvalue weighted by molar-refractivity contribution is 0.669. The van der Waals surface area contributed by atoms with Crippen molar-refractivity contribution in [1.82, 2.24) is 15.0 Å². The Balaban J connectivity index is 1.20. The second kappa shape index (κ2) is 11.6. The van der Waals surface area contributed by atoms with Crippen molar-refractivity contribution in [2.75, 3.05) is 0 Å². The highest BCUT2D eigenvalue weighted by molar-refractivity contribution is 7.25. The Kier molecular flexibility index (Phi) is 6.64. The van der Waals surface area contributed by atoms with Crippen molar-refractivity contribution >= 4 is 53.4 Å². The molecule has 0 saturated carbocycles. The molecule has 0 spiro atoms. The monoisotopic (exact) mass is 657 g/mol. The fraction of sp³-hybridized carbons (Fsp3) is 0. The molecule has 234 valence electrons. The largest absolute Gasteiger partial charge is 0.456 e. The van der Waals surface area contributed by atoms with Crippen LogP contribution < -0.4 is 0 Å². The fourth-order valence-electron chi connectivity index (χ4n) is 6.89. The molecule has 3 heterocycles. The Morgan fingerprint density at radius 1 is 0.360 bits per heavy atom. The molecule has 0 aliphatic carbocycles. The van der Waals surface area contributed by atoms with Crippen LogP contribution in [0.5, 0.6) is 0 Å². The minimum absolute atomic E-state index is 0.599. The molecule has 0 amide bonds. The molecule has 50 heavy (non-hydrogen) atoms. The van der Waals surface area contributed by atoms with Gasteiger partial charge in [0.25, 0.3) is 0 Å². The van der Waals surface area contributed by atoms with Crippen LogP contribution in [0, 0.1) is 0 Å². The molecular formula is C45H27N3OS. The van der Waals surface area contributed by atoms with Gasteiger partial charge < -0.3 is 4.42 Å². The molecule has 0 radical (unpaired) electrons. The highest BCUT2D eigenvalue weighted by atomic mass is 32.1. The van der Waals surface area contributed by atoms with Crippen LogP contribution in [0.2, 0.25) is 0 Å². The topological polar surface area (TPSA) is 51.8 Å². The molecule has 10 aromatic rings. The average molecular weight is 658 g/mol. The summed E-state index contributed by atoms with van der Waals surface area (Å²) in [4.78, 5) is 15.4. The number of fused-ring (bicyclic) bond motifs is 6. The summed E-state index contributed by atoms with van der Waals surface area (Å²) >= 11 is 1.82. The Bertz CT molecular complexity index is 2860. The van der Waals surface area contributed by atoms with Gasteiger partial charge in [-0.25, -0.2) is 15.0 Å². The number of rotatable bonds is 5. The van der Waals surface area contributed by atoms with Gasteiger partial charge in [0.1, 0.15) is 11.2 Å². The van der Waals surface area contributed by atoms with Gasteiger partial charge in [0, 0.05) is 47.6 Å². The Morgan fingerprint density at radius 3 is 1.70 bits per heavy atom. The van der Waals surface area contributed by atoms with Crippen LogP contribution in [-0.2, 0) is 0 Å². The molecule has 7 aromatic carbocycles. The van der Waals surface area contributed by atoms with Gasteiger partial charge in [-0.3, -0.25) is 0 Å². The van der Waals surface area contributed by atoms with E-state index in [9.17, 15) is 0 Å². The first-order valence-electron chi connectivity index (χ1n) is 16.6. The maximum Gasteiger partial charge on any atom is 0.164 e. The van der Waals surface area contributed by atoms with Crippen molar-refractivity contribution in [3.63, 3.8) is 0 Å². The molecule has 0 aliphatic heterocycles. The quantitative estimate of drug-likeness (QED) is 0.185. The van der Waals surface area contributed by atoms with Crippen LogP contribution in [0.25, 0.3) is 98.5 Å². The number of nitrogens with zero attached hydrogens (tertiary/aromatic N) is 3. The Hall–Kier alpha value is -6.43. The van der Waals surface area contributed by atoms with Crippen molar-refractivity contribution < 1.29 is 4.42 Å². The lowest BCUT2D eigenvalue weighted by Crippen LogP contribution is -2.00. The number of benzene rings is 7. The van der Waals surface area contributed by atoms with Crippen molar-refractivity contribution in [3.8, 4) is 56.4 Å². The van der Waals surface area contributed by atoms with Crippen LogP contribution in [0.15, 0.2) is 168 Å². The van der Waals surface area contributed by atoms with Gasteiger partial charge in [0.05, 0.1) is 0 Å². The zero-order chi connectivity index (χ0) is 33.0. The van der Waals surface area contributed by atoms with Crippen LogP contribution >= 0.6 is 11.3 Å². The van der Waals surface area contributed by atoms with Gasteiger partial charge in [-0.05, 0) is 58.7 Å². The van der Waals surface area contributed by atoms with Crippen molar-refractivity contribution in [3.05, 3.63) is 164 Å². The van der Waals surface area contributed by atoms with Crippen LogP contribution in [0.4, 0.5) is 0 Å². The summed E-state index contributed by atoms with van der Waals surface area (Å²) in [7, 11) is 0. The van der Waals surface area contributed by atoms with E-state index in [0.29, 0.717) is 17.5 Å². The standard InChI is InChI=1S/C45H27N3OS/c1-3-11-28(12-4-1)29-19-21-31(22-20-29)44-46-43(30-13-5-2-6-14-30)47-45(48-44)37-26-33(27-39-42(37)35-16-7-9-17-38(35)49-39)32-23-24-41-36(25-32)34-15-8-10-18-40(34)50-41/h1-27H. The van der Waals surface area contributed by atoms with Crippen LogP contribution in [0.3, 0.4) is 0 Å². The fourth-order valence-corrected chi connectivity index (χ4v) is 7.97. The van der Waals surface area contributed by atoms with E-state index in [4.69, 9.17) is 19.4 Å². The lowest BCUT2D eigenvalue weighted by Gasteiger charge is -2.11. The van der Waals surface area contributed by atoms with Crippen molar-refractivity contribution in [1.29, 1.82) is 0 Å². The van der Waals surface area contributed by atoms with Crippen molar-refractivity contribution in [2.24, 2.45) is 0 Å². The molecule has 10 rings (SSSR count). The second-order valence-corrected chi connectivity index (χ2v) is 13.5. The third kappa shape index (κ3) is 4.87. The summed E-state index contributed by atoms with van der Waals surface area (Å²) in [5.41, 5.74) is 8.83. The highest BCUT2D eigenvalue weighted by Crippen LogP contribution is 2.42. The normalized spacial score (nSPS) is 11.6. The van der Waals surface area contributed by atoms with E-state index in [2.05, 4.69) is 109 Å². The molecular weight excluding hydrogens is 631 g/mol. The van der Waals surface area contributed by atoms with Gasteiger partial charge in [0.15, 0.2) is 17.5 Å². The van der Waals surface area contributed by atoms with Crippen molar-refractivity contribution in [2.45, 2.75) is 0 Å². The van der Waals surface area contributed by atoms with Crippen LogP contribution in [0.1, 0.15) is 0 Å². The molecule has 0 unspecified atom stereocenters. The Morgan fingerprint density at radius 2 is 0.920 bits per heavy atom. The number of thiophene rings is 1. The minimum atomic E-state index is 0.599. The van der Waals surface area contributed by atoms with E-state index in [1.54, 1.807) is 0 Å².